The molecule has 0 aliphatic carbocycles. The summed E-state index contributed by atoms with van der Waals surface area (Å²) in [6.45, 7) is 4.52. The molecule has 584 valence electrons. The fraction of sp³-hybridized carbons (Fsp3) is 0.687. The number of hydrogen-bond acceptors (Lipinski definition) is 15. The van der Waals surface area contributed by atoms with Gasteiger partial charge in [-0.05, 0) is 161 Å². The van der Waals surface area contributed by atoms with Crippen LogP contribution in [-0.4, -0.2) is 96.7 Å². The van der Waals surface area contributed by atoms with Crippen molar-refractivity contribution < 1.29 is 80.2 Å². The molecule has 0 heterocycles. The number of carbonyl (C=O) groups is 4. The van der Waals surface area contributed by atoms with E-state index in [4.69, 9.17) is 37.0 Å². The Morgan fingerprint density at radius 2 is 0.510 bits per heavy atom. The average Bonchev–Trinajstić information content (AvgIpc) is 0.923. The van der Waals surface area contributed by atoms with E-state index in [0.717, 1.165) is 167 Å². The van der Waals surface area contributed by atoms with Crippen LogP contribution >= 0.6 is 15.6 Å². The maximum atomic E-state index is 13.1. The van der Waals surface area contributed by atoms with Gasteiger partial charge >= 0.3 is 39.5 Å². The second-order valence-electron chi connectivity index (χ2n) is 25.9. The average molecular weight is 1470 g/mol. The number of allylic oxidation sites excluding steroid dienone is 22. The number of ether oxygens (including phenoxy) is 4. The van der Waals surface area contributed by atoms with E-state index >= 15 is 0 Å². The first-order valence-electron chi connectivity index (χ1n) is 39.4. The third-order valence-corrected chi connectivity index (χ3v) is 18.0. The van der Waals surface area contributed by atoms with E-state index in [9.17, 15) is 43.2 Å². The molecule has 3 N–H and O–H groups in total. The van der Waals surface area contributed by atoms with Crippen LogP contribution in [0.25, 0.3) is 0 Å². The van der Waals surface area contributed by atoms with E-state index < -0.39 is 97.5 Å². The third kappa shape index (κ3) is 73.5. The van der Waals surface area contributed by atoms with Crippen molar-refractivity contribution in [2.45, 2.75) is 329 Å². The zero-order valence-corrected chi connectivity index (χ0v) is 65.5. The summed E-state index contributed by atoms with van der Waals surface area (Å²) in [5.41, 5.74) is 0. The SMILES string of the molecule is CC/C=C\C/C=C\C/C=C\C/C=C\CCCCCCC(=O)OCC(COP(=O)(O)OCC(O)COP(=O)(O)OCC(COC(=O)CCCCCCC/C=C\C/C=C\CCCCC)OC(=O)CCCCCCC/C=C\CCCCCCCC)OC(=O)CCCC/C=C\C/C=C\C/C=C\C/C=C\CC. The van der Waals surface area contributed by atoms with Gasteiger partial charge in [-0.25, -0.2) is 9.13 Å². The Balaban J connectivity index is 5.44. The lowest BCUT2D eigenvalue weighted by Gasteiger charge is -2.21. The van der Waals surface area contributed by atoms with E-state index in [1.807, 2.05) is 0 Å². The standard InChI is InChI=1S/C83H140O17P2/c1-5-9-13-17-21-25-29-33-37-38-42-44-48-52-56-60-64-68-81(86)94-74-79(100-83(88)70-66-62-58-54-50-46-41-36-32-28-24-20-16-12-8-4)76-98-102(91,92)96-72-77(84)71-95-101(89,90)97-75-78(99-82(87)69-65-61-57-53-49-45-40-35-31-27-23-19-15-11-7-3)73-93-80(85)67-63-59-55-51-47-43-39-34-30-26-22-18-14-10-6-2/h9,12-13,16,21-22,24-26,28,33-37,39-42,44,50,54,77-79,84H,5-8,10-11,14-15,17-20,23,27,29-32,38,43,45-49,51-53,55-76H2,1-4H3,(H,89,90)(H,91,92)/b13-9-,16-12-,25-21-,26-22-,28-24-,37-33-,39-34-,40-35-,41-36-,44-42-,54-50-. The predicted octanol–water partition coefficient (Wildman–Crippen LogP) is 22.9. The van der Waals surface area contributed by atoms with E-state index in [-0.39, 0.29) is 25.7 Å². The van der Waals surface area contributed by atoms with Gasteiger partial charge in [0.05, 0.1) is 26.4 Å². The largest absolute Gasteiger partial charge is 0.472 e. The Labute approximate surface area is 618 Å². The Morgan fingerprint density at radius 3 is 0.833 bits per heavy atom. The summed E-state index contributed by atoms with van der Waals surface area (Å²) >= 11 is 0. The quantitative estimate of drug-likeness (QED) is 0.0169. The van der Waals surface area contributed by atoms with Gasteiger partial charge in [-0.2, -0.15) is 0 Å². The van der Waals surface area contributed by atoms with Gasteiger partial charge in [0, 0.05) is 25.7 Å². The highest BCUT2D eigenvalue weighted by molar-refractivity contribution is 7.47. The smallest absolute Gasteiger partial charge is 0.462 e. The lowest BCUT2D eigenvalue weighted by Crippen LogP contribution is -2.30. The van der Waals surface area contributed by atoms with Gasteiger partial charge in [-0.1, -0.05) is 258 Å². The van der Waals surface area contributed by atoms with E-state index in [1.54, 1.807) is 0 Å². The normalized spacial score (nSPS) is 14.6. The molecule has 0 aromatic carbocycles. The Hall–Kier alpha value is -4.80. The first kappa shape index (κ1) is 97.2. The number of hydrogen-bond donors (Lipinski definition) is 3. The van der Waals surface area contributed by atoms with Crippen molar-refractivity contribution in [1.82, 2.24) is 0 Å². The molecular formula is C83H140O17P2. The molecule has 5 unspecified atom stereocenters. The van der Waals surface area contributed by atoms with Crippen LogP contribution in [-0.2, 0) is 65.4 Å². The van der Waals surface area contributed by atoms with Gasteiger partial charge in [0.1, 0.15) is 19.3 Å². The molecular weight excluding hydrogens is 1330 g/mol. The fourth-order valence-electron chi connectivity index (χ4n) is 10.1. The molecule has 0 fully saturated rings. The molecule has 0 aromatic heterocycles. The summed E-state index contributed by atoms with van der Waals surface area (Å²) in [4.78, 5) is 73.0. The highest BCUT2D eigenvalue weighted by Gasteiger charge is 2.30. The van der Waals surface area contributed by atoms with Gasteiger partial charge in [0.25, 0.3) is 0 Å². The number of aliphatic hydroxyl groups is 1. The van der Waals surface area contributed by atoms with Crippen molar-refractivity contribution in [3.05, 3.63) is 134 Å². The van der Waals surface area contributed by atoms with E-state index in [1.165, 1.54) is 57.8 Å². The topological polar surface area (TPSA) is 237 Å². The molecule has 0 rings (SSSR count). The molecule has 0 saturated carbocycles. The summed E-state index contributed by atoms with van der Waals surface area (Å²) in [5.74, 6) is -2.27. The summed E-state index contributed by atoms with van der Waals surface area (Å²) in [5, 5.41) is 10.6. The third-order valence-electron chi connectivity index (χ3n) is 16.1. The summed E-state index contributed by atoms with van der Waals surface area (Å²) in [7, 11) is -9.99. The van der Waals surface area contributed by atoms with Crippen LogP contribution in [0, 0.1) is 0 Å². The molecule has 0 spiro atoms. The van der Waals surface area contributed by atoms with Gasteiger partial charge < -0.3 is 33.8 Å². The minimum absolute atomic E-state index is 0.0331. The van der Waals surface area contributed by atoms with Crippen molar-refractivity contribution in [2.24, 2.45) is 0 Å². The molecule has 0 saturated heterocycles. The summed E-state index contributed by atoms with van der Waals surface area (Å²) < 4.78 is 68.5. The van der Waals surface area contributed by atoms with Gasteiger partial charge in [0.2, 0.25) is 0 Å². The van der Waals surface area contributed by atoms with Crippen LogP contribution in [0.4, 0.5) is 0 Å². The lowest BCUT2D eigenvalue weighted by atomic mass is 10.1. The molecule has 0 aromatic rings. The van der Waals surface area contributed by atoms with Crippen molar-refractivity contribution in [3.63, 3.8) is 0 Å². The van der Waals surface area contributed by atoms with Gasteiger partial charge in [-0.3, -0.25) is 37.3 Å². The molecule has 17 nitrogen and oxygen atoms in total. The molecule has 0 amide bonds. The molecule has 0 aliphatic rings. The summed E-state index contributed by atoms with van der Waals surface area (Å²) in [6, 6.07) is 0. The van der Waals surface area contributed by atoms with E-state index in [2.05, 4.69) is 161 Å². The lowest BCUT2D eigenvalue weighted by molar-refractivity contribution is -0.161. The molecule has 0 aliphatic heterocycles. The Bertz CT molecular complexity index is 2460. The van der Waals surface area contributed by atoms with E-state index in [0.29, 0.717) is 32.1 Å². The van der Waals surface area contributed by atoms with Crippen LogP contribution in [0.15, 0.2) is 134 Å². The Morgan fingerprint density at radius 1 is 0.284 bits per heavy atom. The number of phosphoric ester groups is 2. The van der Waals surface area contributed by atoms with Gasteiger partial charge in [-0.15, -0.1) is 0 Å². The molecule has 5 atom stereocenters. The zero-order chi connectivity index (χ0) is 74.6. The summed E-state index contributed by atoms with van der Waals surface area (Å²) in [6.07, 6.45) is 82.9. The van der Waals surface area contributed by atoms with Crippen LogP contribution in [0.5, 0.6) is 0 Å². The van der Waals surface area contributed by atoms with Crippen molar-refractivity contribution >= 4 is 39.5 Å². The highest BCUT2D eigenvalue weighted by atomic mass is 31.2. The molecule has 102 heavy (non-hydrogen) atoms. The number of rotatable bonds is 73. The molecule has 0 radical (unpaired) electrons. The monoisotopic (exact) mass is 1470 g/mol. The number of carbonyl (C=O) groups excluding carboxylic acids is 4. The maximum absolute atomic E-state index is 13.1. The fourth-order valence-corrected chi connectivity index (χ4v) is 11.7. The molecule has 19 heteroatoms. The number of aliphatic hydroxyl groups excluding tert-OH is 1. The minimum Gasteiger partial charge on any atom is -0.462 e. The van der Waals surface area contributed by atoms with Crippen molar-refractivity contribution in [1.29, 1.82) is 0 Å². The first-order valence-corrected chi connectivity index (χ1v) is 42.4. The van der Waals surface area contributed by atoms with Crippen LogP contribution in [0.1, 0.15) is 310 Å². The zero-order valence-electron chi connectivity index (χ0n) is 63.7. The molecule has 0 bridgehead atoms. The predicted molar refractivity (Wildman–Crippen MR) is 418 cm³/mol. The highest BCUT2D eigenvalue weighted by Crippen LogP contribution is 2.45. The van der Waals surface area contributed by atoms with Crippen LogP contribution in [0.2, 0.25) is 0 Å². The number of esters is 4. The second kappa shape index (κ2) is 74.5. The Kier molecular flexibility index (Phi) is 71.0. The van der Waals surface area contributed by atoms with Crippen LogP contribution < -0.4 is 0 Å². The van der Waals surface area contributed by atoms with Gasteiger partial charge in [0.15, 0.2) is 12.2 Å². The maximum Gasteiger partial charge on any atom is 0.472 e. The number of phosphoric acid groups is 2. The first-order chi connectivity index (χ1) is 49.7. The van der Waals surface area contributed by atoms with Crippen molar-refractivity contribution in [2.75, 3.05) is 39.6 Å². The van der Waals surface area contributed by atoms with Crippen LogP contribution in [0.3, 0.4) is 0 Å². The second-order valence-corrected chi connectivity index (χ2v) is 28.8. The number of unbranched alkanes of at least 4 members (excludes halogenated alkanes) is 25. The minimum atomic E-state index is -5.00. The van der Waals surface area contributed by atoms with Crippen molar-refractivity contribution in [3.8, 4) is 0 Å².